The Morgan fingerprint density at radius 3 is 2.77 bits per heavy atom. The Labute approximate surface area is 181 Å². The van der Waals surface area contributed by atoms with Crippen LogP contribution in [0.1, 0.15) is 61.3 Å². The van der Waals surface area contributed by atoms with Crippen molar-refractivity contribution in [3.05, 3.63) is 69.4 Å². The van der Waals surface area contributed by atoms with Crippen molar-refractivity contribution >= 4 is 17.9 Å². The maximum Gasteiger partial charge on any atom is 0.254 e. The van der Waals surface area contributed by atoms with Crippen LogP contribution in [-0.2, 0) is 22.6 Å². The number of rotatable bonds is 4. The van der Waals surface area contributed by atoms with Gasteiger partial charge in [0, 0.05) is 31.1 Å². The average Bonchev–Trinajstić information content (AvgIpc) is 2.82. The van der Waals surface area contributed by atoms with Gasteiger partial charge in [-0.25, -0.2) is 4.98 Å². The monoisotopic (exact) mass is 420 g/mol. The zero-order valence-corrected chi connectivity index (χ0v) is 17.8. The SMILES string of the molecule is CCC(=O)N1CCc2c(nc([C@@H]3CCCCN3C(=O)/C=C/c3ccccc3)[nH]c2=O)C1. The predicted octanol–water partition coefficient (Wildman–Crippen LogP) is 2.83. The number of nitrogens with zero attached hydrogens (tertiary/aromatic N) is 3. The topological polar surface area (TPSA) is 86.4 Å². The third kappa shape index (κ3) is 4.60. The number of amides is 2. The lowest BCUT2D eigenvalue weighted by Gasteiger charge is -2.35. The van der Waals surface area contributed by atoms with Crippen molar-refractivity contribution in [2.75, 3.05) is 13.1 Å². The summed E-state index contributed by atoms with van der Waals surface area (Å²) in [5, 5.41) is 0. The second-order valence-electron chi connectivity index (χ2n) is 8.08. The molecule has 1 fully saturated rings. The predicted molar refractivity (Wildman–Crippen MR) is 118 cm³/mol. The van der Waals surface area contributed by atoms with E-state index < -0.39 is 0 Å². The molecule has 162 valence electrons. The Balaban J connectivity index is 1.59. The number of carbonyl (C=O) groups is 2. The summed E-state index contributed by atoms with van der Waals surface area (Å²) in [7, 11) is 0. The second-order valence-corrected chi connectivity index (χ2v) is 8.08. The number of hydrogen-bond acceptors (Lipinski definition) is 4. The van der Waals surface area contributed by atoms with Crippen LogP contribution in [0.3, 0.4) is 0 Å². The molecule has 7 heteroatoms. The van der Waals surface area contributed by atoms with Gasteiger partial charge in [0.15, 0.2) is 0 Å². The standard InChI is InChI=1S/C24H28N4O3/c1-2-21(29)27-15-13-18-19(16-27)25-23(26-24(18)31)20-10-6-7-14-28(20)22(30)12-11-17-8-4-3-5-9-17/h3-5,8-9,11-12,20H,2,6-7,10,13-16H2,1H3,(H,25,26,31)/b12-11+/t20-/m0/s1. The van der Waals surface area contributed by atoms with Crippen molar-refractivity contribution < 1.29 is 9.59 Å². The molecule has 1 aromatic heterocycles. The lowest BCUT2D eigenvalue weighted by Crippen LogP contribution is -2.42. The summed E-state index contributed by atoms with van der Waals surface area (Å²) in [5.41, 5.74) is 2.12. The number of likely N-dealkylation sites (tertiary alicyclic amines) is 1. The molecule has 1 atom stereocenters. The third-order valence-electron chi connectivity index (χ3n) is 6.07. The van der Waals surface area contributed by atoms with E-state index in [1.54, 1.807) is 15.9 Å². The quantitative estimate of drug-likeness (QED) is 0.771. The van der Waals surface area contributed by atoms with Crippen LogP contribution in [0.4, 0.5) is 0 Å². The summed E-state index contributed by atoms with van der Waals surface area (Å²) in [6, 6.07) is 9.43. The van der Waals surface area contributed by atoms with E-state index in [2.05, 4.69) is 4.98 Å². The maximum atomic E-state index is 13.0. The van der Waals surface area contributed by atoms with E-state index in [0.717, 1.165) is 24.8 Å². The molecular formula is C24H28N4O3. The first-order valence-corrected chi connectivity index (χ1v) is 11.0. The van der Waals surface area contributed by atoms with Crippen LogP contribution in [-0.4, -0.2) is 44.7 Å². The van der Waals surface area contributed by atoms with Gasteiger partial charge in [0.2, 0.25) is 11.8 Å². The lowest BCUT2D eigenvalue weighted by atomic mass is 10.00. The number of fused-ring (bicyclic) bond motifs is 1. The number of hydrogen-bond donors (Lipinski definition) is 1. The molecule has 0 radical (unpaired) electrons. The van der Waals surface area contributed by atoms with Gasteiger partial charge < -0.3 is 14.8 Å². The van der Waals surface area contributed by atoms with E-state index in [1.807, 2.05) is 43.3 Å². The van der Waals surface area contributed by atoms with Crippen LogP contribution in [0.2, 0.25) is 0 Å². The first kappa shape index (κ1) is 21.0. The van der Waals surface area contributed by atoms with Gasteiger partial charge in [0.05, 0.1) is 18.3 Å². The first-order chi connectivity index (χ1) is 15.1. The second kappa shape index (κ2) is 9.29. The van der Waals surface area contributed by atoms with E-state index in [0.29, 0.717) is 49.6 Å². The number of aromatic nitrogens is 2. The van der Waals surface area contributed by atoms with Gasteiger partial charge in [-0.05, 0) is 37.3 Å². The highest BCUT2D eigenvalue weighted by Crippen LogP contribution is 2.29. The van der Waals surface area contributed by atoms with Gasteiger partial charge >= 0.3 is 0 Å². The summed E-state index contributed by atoms with van der Waals surface area (Å²) >= 11 is 0. The molecule has 1 saturated heterocycles. The zero-order valence-electron chi connectivity index (χ0n) is 17.8. The molecule has 2 aliphatic rings. The van der Waals surface area contributed by atoms with E-state index in [1.165, 1.54) is 0 Å². The molecule has 0 saturated carbocycles. The highest BCUT2D eigenvalue weighted by atomic mass is 16.2. The van der Waals surface area contributed by atoms with Crippen molar-refractivity contribution in [1.82, 2.24) is 19.8 Å². The van der Waals surface area contributed by atoms with Gasteiger partial charge in [-0.1, -0.05) is 37.3 Å². The molecule has 0 spiro atoms. The highest BCUT2D eigenvalue weighted by Gasteiger charge is 2.31. The molecular weight excluding hydrogens is 392 g/mol. The molecule has 0 unspecified atom stereocenters. The summed E-state index contributed by atoms with van der Waals surface area (Å²) in [6.07, 6.45) is 7.00. The van der Waals surface area contributed by atoms with E-state index in [9.17, 15) is 14.4 Å². The van der Waals surface area contributed by atoms with Crippen LogP contribution >= 0.6 is 0 Å². The normalized spacial score (nSPS) is 18.8. The molecule has 2 aromatic rings. The minimum absolute atomic E-state index is 0.0646. The molecule has 2 amide bonds. The minimum atomic E-state index is -0.267. The molecule has 31 heavy (non-hydrogen) atoms. The van der Waals surface area contributed by atoms with Gasteiger partial charge in [-0.3, -0.25) is 14.4 Å². The fraction of sp³-hybridized carbons (Fsp3) is 0.417. The molecule has 7 nitrogen and oxygen atoms in total. The Morgan fingerprint density at radius 1 is 1.19 bits per heavy atom. The maximum absolute atomic E-state index is 13.0. The lowest BCUT2D eigenvalue weighted by molar-refractivity contribution is -0.131. The number of benzene rings is 1. The Kier molecular flexibility index (Phi) is 6.30. The molecule has 0 aliphatic carbocycles. The largest absolute Gasteiger partial charge is 0.336 e. The summed E-state index contributed by atoms with van der Waals surface area (Å²) in [6.45, 7) is 3.36. The van der Waals surface area contributed by atoms with Gasteiger partial charge in [-0.2, -0.15) is 0 Å². The van der Waals surface area contributed by atoms with Crippen molar-refractivity contribution in [2.24, 2.45) is 0 Å². The first-order valence-electron chi connectivity index (χ1n) is 11.0. The molecule has 4 rings (SSSR count). The summed E-state index contributed by atoms with van der Waals surface area (Å²) in [5.74, 6) is 0.502. The minimum Gasteiger partial charge on any atom is -0.336 e. The van der Waals surface area contributed by atoms with E-state index >= 15 is 0 Å². The average molecular weight is 421 g/mol. The molecule has 0 bridgehead atoms. The van der Waals surface area contributed by atoms with Gasteiger partial charge in [0.1, 0.15) is 5.82 Å². The van der Waals surface area contributed by atoms with Crippen molar-refractivity contribution in [3.8, 4) is 0 Å². The number of H-pyrrole nitrogens is 1. The molecule has 3 heterocycles. The van der Waals surface area contributed by atoms with Crippen LogP contribution in [0.25, 0.3) is 6.08 Å². The number of piperidine rings is 1. The molecule has 2 aliphatic heterocycles. The van der Waals surface area contributed by atoms with Gasteiger partial charge in [0.25, 0.3) is 5.56 Å². The van der Waals surface area contributed by atoms with Crippen LogP contribution in [0.15, 0.2) is 41.2 Å². The Morgan fingerprint density at radius 2 is 2.00 bits per heavy atom. The van der Waals surface area contributed by atoms with Crippen molar-refractivity contribution in [1.29, 1.82) is 0 Å². The van der Waals surface area contributed by atoms with Crippen LogP contribution in [0, 0.1) is 0 Å². The molecule has 1 aromatic carbocycles. The smallest absolute Gasteiger partial charge is 0.254 e. The third-order valence-corrected chi connectivity index (χ3v) is 6.07. The van der Waals surface area contributed by atoms with Crippen molar-refractivity contribution in [2.45, 2.75) is 51.6 Å². The fourth-order valence-electron chi connectivity index (χ4n) is 4.36. The summed E-state index contributed by atoms with van der Waals surface area (Å²) in [4.78, 5) is 49.1. The van der Waals surface area contributed by atoms with Crippen LogP contribution in [0.5, 0.6) is 0 Å². The van der Waals surface area contributed by atoms with Crippen LogP contribution < -0.4 is 5.56 Å². The fourth-order valence-corrected chi connectivity index (χ4v) is 4.36. The number of aromatic amines is 1. The Bertz CT molecular complexity index is 1040. The number of nitrogens with one attached hydrogen (secondary N) is 1. The van der Waals surface area contributed by atoms with Crippen molar-refractivity contribution in [3.63, 3.8) is 0 Å². The van der Waals surface area contributed by atoms with Gasteiger partial charge in [-0.15, -0.1) is 0 Å². The molecule has 1 N–H and O–H groups in total. The summed E-state index contributed by atoms with van der Waals surface area (Å²) < 4.78 is 0. The Hall–Kier alpha value is -3.22. The van der Waals surface area contributed by atoms with E-state index in [-0.39, 0.29) is 23.4 Å². The highest BCUT2D eigenvalue weighted by molar-refractivity contribution is 5.92. The number of carbonyl (C=O) groups excluding carboxylic acids is 2. The zero-order chi connectivity index (χ0) is 21.8. The van der Waals surface area contributed by atoms with E-state index in [4.69, 9.17) is 4.98 Å².